The minimum atomic E-state index is 0. The second-order valence-corrected chi connectivity index (χ2v) is 8.40. The maximum Gasteiger partial charge on any atom is 3.00 e. The van der Waals surface area contributed by atoms with Gasteiger partial charge in [0.25, 0.3) is 0 Å². The summed E-state index contributed by atoms with van der Waals surface area (Å²) in [6, 6.07) is 38.8. The Morgan fingerprint density at radius 2 is 1.22 bits per heavy atom. The quantitative estimate of drug-likeness (QED) is 0.303. The molecular formula is C33H23Cl2Zr. The van der Waals surface area contributed by atoms with Crippen LogP contribution >= 0.6 is 0 Å². The van der Waals surface area contributed by atoms with Crippen LogP contribution in [0.4, 0.5) is 0 Å². The van der Waals surface area contributed by atoms with Crippen LogP contribution in [0.15, 0.2) is 133 Å². The molecule has 0 unspecified atom stereocenters. The fourth-order valence-corrected chi connectivity index (χ4v) is 4.92. The molecule has 0 N–H and O–H groups in total. The van der Waals surface area contributed by atoms with Crippen LogP contribution in [0.2, 0.25) is 0 Å². The Morgan fingerprint density at radius 1 is 0.639 bits per heavy atom. The van der Waals surface area contributed by atoms with Gasteiger partial charge in [-0.05, 0) is 23.1 Å². The van der Waals surface area contributed by atoms with Crippen molar-refractivity contribution in [1.82, 2.24) is 0 Å². The van der Waals surface area contributed by atoms with E-state index in [1.165, 1.54) is 55.0 Å². The molecule has 0 atom stereocenters. The van der Waals surface area contributed by atoms with Gasteiger partial charge >= 0.3 is 26.2 Å². The average Bonchev–Trinajstić information content (AvgIpc) is 3.54. The summed E-state index contributed by atoms with van der Waals surface area (Å²) in [6.45, 7) is 0. The van der Waals surface area contributed by atoms with Crippen molar-refractivity contribution >= 4 is 16.7 Å². The Hall–Kier alpha value is -2.70. The van der Waals surface area contributed by atoms with Gasteiger partial charge in [-0.1, -0.05) is 138 Å². The molecule has 0 nitrogen and oxygen atoms in total. The summed E-state index contributed by atoms with van der Waals surface area (Å²) < 4.78 is 0. The normalized spacial score (nSPS) is 12.9. The van der Waals surface area contributed by atoms with E-state index < -0.39 is 0 Å². The molecule has 36 heavy (non-hydrogen) atoms. The number of rotatable bonds is 4. The van der Waals surface area contributed by atoms with Gasteiger partial charge in [-0.15, -0.1) is 34.1 Å². The van der Waals surface area contributed by atoms with E-state index >= 15 is 0 Å². The molecule has 4 aromatic rings. The first-order valence-corrected chi connectivity index (χ1v) is 11.4. The van der Waals surface area contributed by atoms with E-state index in [0.29, 0.717) is 0 Å². The molecule has 3 heteroatoms. The second-order valence-electron chi connectivity index (χ2n) is 8.40. The molecule has 0 saturated carbocycles. The van der Waals surface area contributed by atoms with Crippen LogP contribution in [0, 0.1) is 6.08 Å². The van der Waals surface area contributed by atoms with Crippen molar-refractivity contribution in [3.8, 4) is 0 Å². The van der Waals surface area contributed by atoms with Gasteiger partial charge < -0.3 is 24.8 Å². The zero-order valence-corrected chi connectivity index (χ0v) is 23.6. The zero-order valence-electron chi connectivity index (χ0n) is 19.6. The van der Waals surface area contributed by atoms with Crippen LogP contribution in [0.1, 0.15) is 28.7 Å². The molecule has 1 radical (unpaired) electrons. The molecule has 0 spiro atoms. The van der Waals surface area contributed by atoms with Crippen LogP contribution in [0.25, 0.3) is 16.7 Å². The fourth-order valence-electron chi connectivity index (χ4n) is 4.92. The molecule has 0 aromatic heterocycles. The molecule has 0 bridgehead atoms. The summed E-state index contributed by atoms with van der Waals surface area (Å²) in [5.41, 5.74) is 9.93. The Balaban J connectivity index is 0.00000120. The third-order valence-corrected chi connectivity index (χ3v) is 6.37. The van der Waals surface area contributed by atoms with E-state index in [-0.39, 0.29) is 51.0 Å². The van der Waals surface area contributed by atoms with E-state index in [9.17, 15) is 0 Å². The predicted molar refractivity (Wildman–Crippen MR) is 138 cm³/mol. The molecule has 2 aliphatic rings. The number of hydrogen-bond acceptors (Lipinski definition) is 0. The van der Waals surface area contributed by atoms with Gasteiger partial charge in [0.05, 0.1) is 0 Å². The molecule has 0 heterocycles. The fraction of sp³-hybridized carbons (Fsp3) is 0.0303. The molecule has 2 aliphatic carbocycles. The van der Waals surface area contributed by atoms with E-state index in [4.69, 9.17) is 0 Å². The minimum absolute atomic E-state index is 0. The van der Waals surface area contributed by atoms with Gasteiger partial charge in [0.15, 0.2) is 0 Å². The Bertz CT molecular complexity index is 1510. The minimum Gasteiger partial charge on any atom is -1.00 e. The van der Waals surface area contributed by atoms with E-state index in [2.05, 4.69) is 133 Å². The SMILES string of the molecule is [C-]1=C(c2ccccc2)C(C2=CC=CC2)=c2c1cccc2=C(c1ccccc1)c1ccccc1.[Cl-].[Cl-].[Zr+3]. The van der Waals surface area contributed by atoms with Crippen molar-refractivity contribution in [2.75, 3.05) is 0 Å². The van der Waals surface area contributed by atoms with E-state index in [1.807, 2.05) is 0 Å². The molecule has 0 saturated heterocycles. The number of benzene rings is 4. The monoisotopic (exact) mass is 579 g/mol. The molecule has 4 aromatic carbocycles. The van der Waals surface area contributed by atoms with Crippen molar-refractivity contribution in [2.45, 2.75) is 6.42 Å². The summed E-state index contributed by atoms with van der Waals surface area (Å²) in [7, 11) is 0. The standard InChI is InChI=1S/C33H23.2ClH.Zr/c1-4-13-24(14-5-1)30-23-28-21-12-22-29(33(28)32(30)27-19-10-11-20-27)31(25-15-6-2-7-16-25)26-17-8-3-9-18-26;;;/h1-19,21-22H,20H2;2*1H;/q-1;;;+3/p-2. The van der Waals surface area contributed by atoms with E-state index in [0.717, 1.165) is 6.42 Å². The van der Waals surface area contributed by atoms with Gasteiger partial charge in [0.1, 0.15) is 0 Å². The molecule has 0 aliphatic heterocycles. The van der Waals surface area contributed by atoms with Gasteiger partial charge in [0.2, 0.25) is 0 Å². The molecule has 173 valence electrons. The predicted octanol–water partition coefficient (Wildman–Crippen LogP) is 0.225. The molecule has 6 rings (SSSR count). The summed E-state index contributed by atoms with van der Waals surface area (Å²) in [5.74, 6) is 0. The summed E-state index contributed by atoms with van der Waals surface area (Å²) in [4.78, 5) is 0. The van der Waals surface area contributed by atoms with E-state index in [1.54, 1.807) is 0 Å². The first kappa shape index (κ1) is 27.9. The van der Waals surface area contributed by atoms with Crippen LogP contribution in [0.5, 0.6) is 0 Å². The third kappa shape index (κ3) is 5.21. The Morgan fingerprint density at radius 3 is 1.78 bits per heavy atom. The largest absolute Gasteiger partial charge is 3.00 e. The number of allylic oxidation sites excluding steroid dienone is 5. The number of halogens is 2. The summed E-state index contributed by atoms with van der Waals surface area (Å²) in [6.07, 6.45) is 11.4. The smallest absolute Gasteiger partial charge is 1.00 e. The Labute approximate surface area is 244 Å². The number of hydrogen-bond donors (Lipinski definition) is 0. The average molecular weight is 582 g/mol. The van der Waals surface area contributed by atoms with Gasteiger partial charge in [-0.25, -0.2) is 0 Å². The zero-order chi connectivity index (χ0) is 22.0. The maximum atomic E-state index is 3.77. The number of fused-ring (bicyclic) bond motifs is 1. The van der Waals surface area contributed by atoms with Gasteiger partial charge in [-0.2, -0.15) is 0 Å². The van der Waals surface area contributed by atoms with Crippen LogP contribution < -0.4 is 35.3 Å². The molecular weight excluding hydrogens is 558 g/mol. The van der Waals surface area contributed by atoms with Crippen LogP contribution in [0.3, 0.4) is 0 Å². The van der Waals surface area contributed by atoms with Crippen molar-refractivity contribution in [3.63, 3.8) is 0 Å². The van der Waals surface area contributed by atoms with Crippen molar-refractivity contribution < 1.29 is 51.0 Å². The van der Waals surface area contributed by atoms with Crippen LogP contribution in [-0.2, 0) is 26.2 Å². The molecule has 0 amide bonds. The second kappa shape index (κ2) is 12.5. The maximum absolute atomic E-state index is 3.77. The van der Waals surface area contributed by atoms with Gasteiger partial charge in [-0.3, -0.25) is 0 Å². The van der Waals surface area contributed by atoms with Crippen molar-refractivity contribution in [2.24, 2.45) is 0 Å². The molecule has 0 fully saturated rings. The summed E-state index contributed by atoms with van der Waals surface area (Å²) in [5, 5.41) is 2.54. The Kier molecular flexibility index (Phi) is 9.69. The first-order chi connectivity index (χ1) is 16.4. The van der Waals surface area contributed by atoms with Crippen molar-refractivity contribution in [3.05, 3.63) is 172 Å². The first-order valence-electron chi connectivity index (χ1n) is 11.4. The van der Waals surface area contributed by atoms with Crippen LogP contribution in [-0.4, -0.2) is 0 Å². The summed E-state index contributed by atoms with van der Waals surface area (Å²) >= 11 is 0. The van der Waals surface area contributed by atoms with Crippen molar-refractivity contribution in [1.29, 1.82) is 0 Å². The third-order valence-electron chi connectivity index (χ3n) is 6.37. The van der Waals surface area contributed by atoms with Gasteiger partial charge in [0, 0.05) is 0 Å². The topological polar surface area (TPSA) is 0 Å².